The van der Waals surface area contributed by atoms with Crippen LogP contribution in [0.4, 0.5) is 0 Å². The highest BCUT2D eigenvalue weighted by Crippen LogP contribution is 2.18. The molecule has 0 aromatic rings. The molecule has 0 aliphatic heterocycles. The van der Waals surface area contributed by atoms with Crippen molar-refractivity contribution in [3.63, 3.8) is 0 Å². The lowest BCUT2D eigenvalue weighted by molar-refractivity contribution is -0.143. The summed E-state index contributed by atoms with van der Waals surface area (Å²) in [6.07, 6.45) is 68.1. The summed E-state index contributed by atoms with van der Waals surface area (Å²) < 4.78 is 5.49. The predicted molar refractivity (Wildman–Crippen MR) is 292 cm³/mol. The smallest absolute Gasteiger partial charge is 0.305 e. The van der Waals surface area contributed by atoms with E-state index in [1.807, 2.05) is 6.08 Å². The summed E-state index contributed by atoms with van der Waals surface area (Å²) in [5, 5.41) is 23.1. The molecule has 0 aromatic heterocycles. The lowest BCUT2D eigenvalue weighted by atomic mass is 10.0. The van der Waals surface area contributed by atoms with E-state index < -0.39 is 12.1 Å². The van der Waals surface area contributed by atoms with Crippen molar-refractivity contribution in [1.29, 1.82) is 0 Å². The van der Waals surface area contributed by atoms with Gasteiger partial charge in [0.05, 0.1) is 25.4 Å². The minimum Gasteiger partial charge on any atom is -0.466 e. The van der Waals surface area contributed by atoms with Gasteiger partial charge in [-0.25, -0.2) is 0 Å². The van der Waals surface area contributed by atoms with E-state index in [1.165, 1.54) is 276 Å². The van der Waals surface area contributed by atoms with E-state index in [9.17, 15) is 19.8 Å². The van der Waals surface area contributed by atoms with E-state index in [0.29, 0.717) is 19.4 Å². The van der Waals surface area contributed by atoms with Crippen LogP contribution in [0.2, 0.25) is 0 Å². The molecule has 1 amide bonds. The van der Waals surface area contributed by atoms with Crippen molar-refractivity contribution >= 4 is 11.9 Å². The van der Waals surface area contributed by atoms with Crippen LogP contribution < -0.4 is 5.32 Å². The number of aliphatic hydroxyl groups is 2. The Balaban J connectivity index is 3.40. The number of rotatable bonds is 57. The first kappa shape index (κ1) is 65.6. The molecule has 0 spiro atoms. The van der Waals surface area contributed by atoms with Crippen LogP contribution in [0.25, 0.3) is 0 Å². The van der Waals surface area contributed by atoms with E-state index >= 15 is 0 Å². The molecule has 0 heterocycles. The van der Waals surface area contributed by atoms with Gasteiger partial charge in [0.2, 0.25) is 5.91 Å². The van der Waals surface area contributed by atoms with Gasteiger partial charge in [-0.1, -0.05) is 309 Å². The number of carbonyl (C=O) groups is 2. The molecule has 67 heavy (non-hydrogen) atoms. The molecule has 0 aliphatic carbocycles. The van der Waals surface area contributed by atoms with Crippen LogP contribution in [0, 0.1) is 0 Å². The third-order valence-corrected chi connectivity index (χ3v) is 14.3. The largest absolute Gasteiger partial charge is 0.466 e. The number of nitrogens with one attached hydrogen (secondary N) is 1. The van der Waals surface area contributed by atoms with E-state index in [4.69, 9.17) is 4.74 Å². The molecule has 0 aromatic carbocycles. The Kier molecular flexibility index (Phi) is 56.0. The minimum absolute atomic E-state index is 0.0124. The fourth-order valence-electron chi connectivity index (χ4n) is 9.64. The monoisotopic (exact) mass is 946 g/mol. The van der Waals surface area contributed by atoms with Gasteiger partial charge in [-0.3, -0.25) is 9.59 Å². The van der Waals surface area contributed by atoms with E-state index in [2.05, 4.69) is 19.2 Å². The van der Waals surface area contributed by atoms with Crippen molar-refractivity contribution in [2.24, 2.45) is 0 Å². The van der Waals surface area contributed by atoms with Crippen LogP contribution in [0.15, 0.2) is 12.2 Å². The summed E-state index contributed by atoms with van der Waals surface area (Å²) in [6, 6.07) is -0.629. The Morgan fingerprint density at radius 3 is 1.01 bits per heavy atom. The van der Waals surface area contributed by atoms with Gasteiger partial charge in [-0.2, -0.15) is 0 Å². The van der Waals surface area contributed by atoms with Crippen molar-refractivity contribution in [2.75, 3.05) is 13.2 Å². The number of unbranched alkanes of at least 4 members (excludes halogenated alkanes) is 46. The number of carbonyl (C=O) groups excluding carboxylic acids is 2. The van der Waals surface area contributed by atoms with Crippen molar-refractivity contribution in [1.82, 2.24) is 5.32 Å². The third kappa shape index (κ3) is 53.8. The maximum Gasteiger partial charge on any atom is 0.305 e. The first-order valence-electron chi connectivity index (χ1n) is 30.5. The summed E-state index contributed by atoms with van der Waals surface area (Å²) in [5.41, 5.74) is 0. The highest BCUT2D eigenvalue weighted by atomic mass is 16.5. The van der Waals surface area contributed by atoms with Gasteiger partial charge in [0.1, 0.15) is 0 Å². The van der Waals surface area contributed by atoms with E-state index in [0.717, 1.165) is 38.5 Å². The normalized spacial score (nSPS) is 12.6. The fraction of sp³-hybridized carbons (Fsp3) is 0.934. The Bertz CT molecular complexity index is 1000. The molecule has 0 rings (SSSR count). The molecule has 0 bridgehead atoms. The van der Waals surface area contributed by atoms with Crippen molar-refractivity contribution in [2.45, 2.75) is 353 Å². The highest BCUT2D eigenvalue weighted by molar-refractivity contribution is 5.76. The minimum atomic E-state index is -0.845. The van der Waals surface area contributed by atoms with Crippen LogP contribution in [0.3, 0.4) is 0 Å². The second-order valence-electron chi connectivity index (χ2n) is 21.0. The topological polar surface area (TPSA) is 95.9 Å². The van der Waals surface area contributed by atoms with Crippen LogP contribution in [0.5, 0.6) is 0 Å². The number of hydrogen-bond donors (Lipinski definition) is 3. The van der Waals surface area contributed by atoms with Gasteiger partial charge in [0.15, 0.2) is 0 Å². The zero-order valence-electron chi connectivity index (χ0n) is 45.4. The number of ether oxygens (including phenoxy) is 1. The summed E-state index contributed by atoms with van der Waals surface area (Å²) in [4.78, 5) is 24.5. The van der Waals surface area contributed by atoms with Crippen molar-refractivity contribution in [3.05, 3.63) is 12.2 Å². The zero-order chi connectivity index (χ0) is 48.6. The lowest BCUT2D eigenvalue weighted by Crippen LogP contribution is -2.45. The van der Waals surface area contributed by atoms with Crippen LogP contribution >= 0.6 is 0 Å². The highest BCUT2D eigenvalue weighted by Gasteiger charge is 2.18. The lowest BCUT2D eigenvalue weighted by Gasteiger charge is -2.20. The first-order chi connectivity index (χ1) is 33.0. The molecule has 0 saturated heterocycles. The molecule has 2 unspecified atom stereocenters. The zero-order valence-corrected chi connectivity index (χ0v) is 45.4. The summed E-state index contributed by atoms with van der Waals surface area (Å²) >= 11 is 0. The number of esters is 1. The van der Waals surface area contributed by atoms with Crippen molar-refractivity contribution in [3.8, 4) is 0 Å². The molecule has 6 heteroatoms. The second-order valence-corrected chi connectivity index (χ2v) is 21.0. The molecule has 0 radical (unpaired) electrons. The summed E-state index contributed by atoms with van der Waals surface area (Å²) in [5.74, 6) is -0.0562. The average Bonchev–Trinajstić information content (AvgIpc) is 3.33. The van der Waals surface area contributed by atoms with Gasteiger partial charge in [0.25, 0.3) is 0 Å². The predicted octanol–water partition coefficient (Wildman–Crippen LogP) is 18.9. The average molecular weight is 947 g/mol. The third-order valence-electron chi connectivity index (χ3n) is 14.3. The SMILES string of the molecule is CCCCCCCCCCCCCCC/C=C/C(O)C(CO)NC(=O)CCCCCCCCCCCCCCCCCCCCCOC(=O)CCCCCCCCCCCCCCCCCC. The van der Waals surface area contributed by atoms with Crippen LogP contribution in [-0.4, -0.2) is 47.4 Å². The maximum atomic E-state index is 12.5. The van der Waals surface area contributed by atoms with E-state index in [-0.39, 0.29) is 18.5 Å². The van der Waals surface area contributed by atoms with Gasteiger partial charge in [0, 0.05) is 12.8 Å². The molecular formula is C61H119NO5. The second kappa shape index (κ2) is 57.2. The van der Waals surface area contributed by atoms with Crippen LogP contribution in [-0.2, 0) is 14.3 Å². The van der Waals surface area contributed by atoms with Crippen molar-refractivity contribution < 1.29 is 24.5 Å². The first-order valence-corrected chi connectivity index (χ1v) is 30.5. The standard InChI is InChI=1S/C61H119NO5/c1-3-5-7-9-11-13-15-17-19-27-31-35-39-43-47-51-55-61(66)67-56-52-48-44-40-36-32-28-24-22-20-21-23-26-30-34-38-42-46-50-54-60(65)62-58(57-63)59(64)53-49-45-41-37-33-29-25-18-16-14-12-10-8-6-4-2/h49,53,58-59,63-64H,3-48,50-52,54-57H2,1-2H3,(H,62,65)/b53-49+. The summed E-state index contributed by atoms with van der Waals surface area (Å²) in [7, 11) is 0. The van der Waals surface area contributed by atoms with Gasteiger partial charge in [-0.15, -0.1) is 0 Å². The molecule has 398 valence electrons. The fourth-order valence-corrected chi connectivity index (χ4v) is 9.64. The molecule has 2 atom stereocenters. The molecule has 0 aliphatic rings. The van der Waals surface area contributed by atoms with Gasteiger partial charge < -0.3 is 20.3 Å². The number of amides is 1. The summed E-state index contributed by atoms with van der Waals surface area (Å²) in [6.45, 7) is 4.92. The van der Waals surface area contributed by atoms with E-state index in [1.54, 1.807) is 6.08 Å². The molecule has 0 fully saturated rings. The Morgan fingerprint density at radius 1 is 0.403 bits per heavy atom. The Hall–Kier alpha value is -1.40. The van der Waals surface area contributed by atoms with Gasteiger partial charge >= 0.3 is 5.97 Å². The number of allylic oxidation sites excluding steroid dienone is 1. The quantitative estimate of drug-likeness (QED) is 0.0321. The number of hydrogen-bond acceptors (Lipinski definition) is 5. The Morgan fingerprint density at radius 2 is 0.687 bits per heavy atom. The molecule has 6 nitrogen and oxygen atoms in total. The molecular weight excluding hydrogens is 827 g/mol. The maximum absolute atomic E-state index is 12.5. The molecule has 3 N–H and O–H groups in total. The number of aliphatic hydroxyl groups excluding tert-OH is 2. The molecule has 0 saturated carbocycles. The Labute approximate surface area is 419 Å². The van der Waals surface area contributed by atoms with Crippen LogP contribution in [0.1, 0.15) is 341 Å². The van der Waals surface area contributed by atoms with Gasteiger partial charge in [-0.05, 0) is 32.1 Å².